The van der Waals surface area contributed by atoms with Crippen molar-refractivity contribution in [3.05, 3.63) is 39.9 Å². The standard InChI is InChI=1S/C14H16N4O5/c19-13(15-9-12-5-2-6-23-12)14(20)17-16-8-10-3-1-4-11(7-10)18(21)22/h1,3-4,7-8,12H,2,5-6,9H2,(H,15,19)(H,17,20)/b16-8+. The molecule has 1 fully saturated rings. The van der Waals surface area contributed by atoms with Gasteiger partial charge in [-0.05, 0) is 12.8 Å². The molecule has 122 valence electrons. The van der Waals surface area contributed by atoms with Crippen LogP contribution in [-0.4, -0.2) is 42.2 Å². The molecular weight excluding hydrogens is 304 g/mol. The lowest BCUT2D eigenvalue weighted by atomic mass is 10.2. The van der Waals surface area contributed by atoms with Crippen LogP contribution < -0.4 is 10.7 Å². The third-order valence-corrected chi connectivity index (χ3v) is 3.18. The van der Waals surface area contributed by atoms with Crippen molar-refractivity contribution >= 4 is 23.7 Å². The van der Waals surface area contributed by atoms with Crippen molar-refractivity contribution in [2.75, 3.05) is 13.2 Å². The number of hydrazone groups is 1. The van der Waals surface area contributed by atoms with Crippen molar-refractivity contribution in [2.45, 2.75) is 18.9 Å². The summed E-state index contributed by atoms with van der Waals surface area (Å²) in [4.78, 5) is 33.2. The van der Waals surface area contributed by atoms with E-state index in [9.17, 15) is 19.7 Å². The number of nitrogens with one attached hydrogen (secondary N) is 2. The molecule has 2 N–H and O–H groups in total. The van der Waals surface area contributed by atoms with E-state index in [-0.39, 0.29) is 18.3 Å². The molecule has 0 aliphatic carbocycles. The minimum atomic E-state index is -0.912. The molecule has 1 aliphatic heterocycles. The first-order chi connectivity index (χ1) is 11.1. The highest BCUT2D eigenvalue weighted by atomic mass is 16.6. The van der Waals surface area contributed by atoms with Crippen LogP contribution >= 0.6 is 0 Å². The first-order valence-electron chi connectivity index (χ1n) is 7.03. The van der Waals surface area contributed by atoms with Crippen molar-refractivity contribution < 1.29 is 19.2 Å². The van der Waals surface area contributed by atoms with Gasteiger partial charge >= 0.3 is 11.8 Å². The second-order valence-corrected chi connectivity index (χ2v) is 4.90. The van der Waals surface area contributed by atoms with E-state index in [1.165, 1.54) is 24.4 Å². The SMILES string of the molecule is O=C(NCC1CCCO1)C(=O)N/N=C/c1cccc([N+](=O)[O-])c1. The summed E-state index contributed by atoms with van der Waals surface area (Å²) in [7, 11) is 0. The molecule has 1 saturated heterocycles. The fourth-order valence-electron chi connectivity index (χ4n) is 2.03. The monoisotopic (exact) mass is 320 g/mol. The number of nitro benzene ring substituents is 1. The number of rotatable bonds is 5. The van der Waals surface area contributed by atoms with Crippen molar-refractivity contribution in [1.82, 2.24) is 10.7 Å². The molecular formula is C14H16N4O5. The Hall–Kier alpha value is -2.81. The third kappa shape index (κ3) is 5.15. The van der Waals surface area contributed by atoms with Crippen molar-refractivity contribution in [3.8, 4) is 0 Å². The van der Waals surface area contributed by atoms with Gasteiger partial charge in [-0.25, -0.2) is 5.43 Å². The molecule has 0 bridgehead atoms. The molecule has 0 spiro atoms. The summed E-state index contributed by atoms with van der Waals surface area (Å²) < 4.78 is 5.32. The maximum absolute atomic E-state index is 11.5. The zero-order chi connectivity index (χ0) is 16.7. The molecule has 23 heavy (non-hydrogen) atoms. The Morgan fingerprint density at radius 1 is 1.43 bits per heavy atom. The van der Waals surface area contributed by atoms with Crippen LogP contribution in [0.4, 0.5) is 5.69 Å². The summed E-state index contributed by atoms with van der Waals surface area (Å²) in [5.41, 5.74) is 2.40. The van der Waals surface area contributed by atoms with Crippen LogP contribution in [0, 0.1) is 10.1 Å². The molecule has 9 heteroatoms. The van der Waals surface area contributed by atoms with Crippen LogP contribution in [0.2, 0.25) is 0 Å². The van der Waals surface area contributed by atoms with Crippen LogP contribution in [-0.2, 0) is 14.3 Å². The molecule has 1 atom stereocenters. The van der Waals surface area contributed by atoms with Gasteiger partial charge in [-0.15, -0.1) is 0 Å². The molecule has 2 rings (SSSR count). The number of hydrogen-bond donors (Lipinski definition) is 2. The van der Waals surface area contributed by atoms with Gasteiger partial charge in [0.1, 0.15) is 0 Å². The molecule has 9 nitrogen and oxygen atoms in total. The van der Waals surface area contributed by atoms with E-state index >= 15 is 0 Å². The average Bonchev–Trinajstić information content (AvgIpc) is 3.06. The van der Waals surface area contributed by atoms with Crippen molar-refractivity contribution in [3.63, 3.8) is 0 Å². The first kappa shape index (κ1) is 16.6. The highest BCUT2D eigenvalue weighted by molar-refractivity contribution is 6.35. The smallest absolute Gasteiger partial charge is 0.329 e. The molecule has 1 aromatic carbocycles. The van der Waals surface area contributed by atoms with Crippen LogP contribution in [0.1, 0.15) is 18.4 Å². The van der Waals surface area contributed by atoms with Gasteiger partial charge in [-0.1, -0.05) is 12.1 Å². The largest absolute Gasteiger partial charge is 0.376 e. The zero-order valence-corrected chi connectivity index (χ0v) is 12.2. The van der Waals surface area contributed by atoms with E-state index < -0.39 is 16.7 Å². The Bertz CT molecular complexity index is 625. The normalized spacial score (nSPS) is 17.1. The van der Waals surface area contributed by atoms with Gasteiger partial charge in [0, 0.05) is 30.8 Å². The van der Waals surface area contributed by atoms with E-state index in [2.05, 4.69) is 15.8 Å². The molecule has 0 aromatic heterocycles. The van der Waals surface area contributed by atoms with E-state index in [4.69, 9.17) is 4.74 Å². The number of nitrogens with zero attached hydrogens (tertiary/aromatic N) is 2. The van der Waals surface area contributed by atoms with Crippen molar-refractivity contribution in [2.24, 2.45) is 5.10 Å². The molecule has 2 amide bonds. The van der Waals surface area contributed by atoms with E-state index in [1.807, 2.05) is 0 Å². The summed E-state index contributed by atoms with van der Waals surface area (Å²) in [6.45, 7) is 0.946. The number of non-ortho nitro benzene ring substituents is 1. The maximum atomic E-state index is 11.5. The minimum Gasteiger partial charge on any atom is -0.376 e. The minimum absolute atomic E-state index is 0.0554. The molecule has 1 aliphatic rings. The quantitative estimate of drug-likeness (QED) is 0.350. The third-order valence-electron chi connectivity index (χ3n) is 3.18. The Labute approximate surface area is 131 Å². The summed E-state index contributed by atoms with van der Waals surface area (Å²) in [5, 5.41) is 16.7. The summed E-state index contributed by atoms with van der Waals surface area (Å²) in [6, 6.07) is 5.72. The van der Waals surface area contributed by atoms with E-state index in [0.717, 1.165) is 12.8 Å². The lowest BCUT2D eigenvalue weighted by Crippen LogP contribution is -2.41. The summed E-state index contributed by atoms with van der Waals surface area (Å²) in [6.07, 6.45) is 2.96. The second kappa shape index (κ2) is 7.99. The number of nitro groups is 1. The van der Waals surface area contributed by atoms with Crippen LogP contribution in [0.3, 0.4) is 0 Å². The Morgan fingerprint density at radius 3 is 2.96 bits per heavy atom. The summed E-state index contributed by atoms with van der Waals surface area (Å²) in [5.74, 6) is -1.72. The maximum Gasteiger partial charge on any atom is 0.329 e. The van der Waals surface area contributed by atoms with E-state index in [1.54, 1.807) is 6.07 Å². The highest BCUT2D eigenvalue weighted by Crippen LogP contribution is 2.11. The Morgan fingerprint density at radius 2 is 2.26 bits per heavy atom. The van der Waals surface area contributed by atoms with Gasteiger partial charge < -0.3 is 10.1 Å². The van der Waals surface area contributed by atoms with Gasteiger partial charge in [0.2, 0.25) is 0 Å². The number of carbonyl (C=O) groups excluding carboxylic acids is 2. The number of benzene rings is 1. The van der Waals surface area contributed by atoms with Gasteiger partial charge in [0.15, 0.2) is 0 Å². The number of amides is 2. The lowest BCUT2D eigenvalue weighted by Gasteiger charge is -2.09. The Kier molecular flexibility index (Phi) is 5.75. The van der Waals surface area contributed by atoms with Crippen LogP contribution in [0.25, 0.3) is 0 Å². The molecule has 0 saturated carbocycles. The first-order valence-corrected chi connectivity index (χ1v) is 7.03. The van der Waals surface area contributed by atoms with Gasteiger partial charge in [-0.3, -0.25) is 19.7 Å². The highest BCUT2D eigenvalue weighted by Gasteiger charge is 2.18. The summed E-state index contributed by atoms with van der Waals surface area (Å²) >= 11 is 0. The molecule has 1 unspecified atom stereocenters. The predicted molar refractivity (Wildman–Crippen MR) is 80.8 cm³/mol. The number of ether oxygens (including phenoxy) is 1. The van der Waals surface area contributed by atoms with Crippen LogP contribution in [0.5, 0.6) is 0 Å². The van der Waals surface area contributed by atoms with Gasteiger partial charge in [-0.2, -0.15) is 5.10 Å². The van der Waals surface area contributed by atoms with Crippen molar-refractivity contribution in [1.29, 1.82) is 0 Å². The number of hydrogen-bond acceptors (Lipinski definition) is 6. The average molecular weight is 320 g/mol. The predicted octanol–water partition coefficient (Wildman–Crippen LogP) is 0.340. The topological polar surface area (TPSA) is 123 Å². The molecule has 1 heterocycles. The second-order valence-electron chi connectivity index (χ2n) is 4.90. The van der Waals surface area contributed by atoms with Crippen LogP contribution in [0.15, 0.2) is 29.4 Å². The fourth-order valence-corrected chi connectivity index (χ4v) is 2.03. The Balaban J connectivity index is 1.79. The fraction of sp³-hybridized carbons (Fsp3) is 0.357. The molecule has 0 radical (unpaired) electrons. The number of carbonyl (C=O) groups is 2. The zero-order valence-electron chi connectivity index (χ0n) is 12.2. The molecule has 1 aromatic rings. The van der Waals surface area contributed by atoms with Gasteiger partial charge in [0.25, 0.3) is 5.69 Å². The lowest BCUT2D eigenvalue weighted by molar-refractivity contribution is -0.384. The van der Waals surface area contributed by atoms with E-state index in [0.29, 0.717) is 12.2 Å². The van der Waals surface area contributed by atoms with Gasteiger partial charge in [0.05, 0.1) is 17.2 Å².